The van der Waals surface area contributed by atoms with Gasteiger partial charge < -0.3 is 5.32 Å². The summed E-state index contributed by atoms with van der Waals surface area (Å²) in [6.45, 7) is 4.79. The molecule has 13 heavy (non-hydrogen) atoms. The van der Waals surface area contributed by atoms with E-state index < -0.39 is 0 Å². The van der Waals surface area contributed by atoms with Crippen molar-refractivity contribution in [2.75, 3.05) is 13.1 Å². The summed E-state index contributed by atoms with van der Waals surface area (Å²) in [7, 11) is 0. The van der Waals surface area contributed by atoms with E-state index in [0.29, 0.717) is 0 Å². The first-order chi connectivity index (χ1) is 6.39. The first kappa shape index (κ1) is 11.0. The van der Waals surface area contributed by atoms with Crippen LogP contribution >= 0.6 is 0 Å². The molecule has 78 valence electrons. The van der Waals surface area contributed by atoms with Crippen LogP contribution in [0.2, 0.25) is 0 Å². The van der Waals surface area contributed by atoms with Crippen molar-refractivity contribution in [2.24, 2.45) is 5.92 Å². The molecule has 0 aromatic heterocycles. The number of piperidine rings is 1. The zero-order chi connectivity index (χ0) is 9.36. The molecule has 1 heterocycles. The van der Waals surface area contributed by atoms with Gasteiger partial charge in [-0.15, -0.1) is 0 Å². The van der Waals surface area contributed by atoms with Gasteiger partial charge in [0.15, 0.2) is 0 Å². The lowest BCUT2D eigenvalue weighted by Gasteiger charge is -2.17. The van der Waals surface area contributed by atoms with Crippen molar-refractivity contribution in [2.45, 2.75) is 58.3 Å². The Morgan fingerprint density at radius 3 is 1.38 bits per heavy atom. The van der Waals surface area contributed by atoms with E-state index in [4.69, 9.17) is 0 Å². The smallest absolute Gasteiger partial charge is 0.00464 e. The van der Waals surface area contributed by atoms with E-state index >= 15 is 0 Å². The van der Waals surface area contributed by atoms with E-state index in [2.05, 4.69) is 12.2 Å². The summed E-state index contributed by atoms with van der Waals surface area (Å²) in [5.41, 5.74) is 0. The minimum atomic E-state index is 0.973. The van der Waals surface area contributed by atoms with Gasteiger partial charge in [0.25, 0.3) is 0 Å². The predicted molar refractivity (Wildman–Crippen MR) is 59.0 cm³/mol. The molecule has 0 amide bonds. The minimum Gasteiger partial charge on any atom is -0.317 e. The number of nitrogens with one attached hydrogen (secondary N) is 1. The highest BCUT2D eigenvalue weighted by molar-refractivity contribution is 4.62. The van der Waals surface area contributed by atoms with Crippen LogP contribution in [0.25, 0.3) is 0 Å². The first-order valence-corrected chi connectivity index (χ1v) is 6.10. The van der Waals surface area contributed by atoms with E-state index in [-0.39, 0.29) is 0 Å². The van der Waals surface area contributed by atoms with Crippen LogP contribution in [-0.4, -0.2) is 13.1 Å². The minimum absolute atomic E-state index is 0.973. The Kier molecular flexibility index (Phi) is 6.26. The largest absolute Gasteiger partial charge is 0.317 e. The molecular formula is C12H25N. The fraction of sp³-hybridized carbons (Fsp3) is 1.00. The molecule has 1 nitrogen and oxygen atoms in total. The second-order valence-electron chi connectivity index (χ2n) is 4.55. The summed E-state index contributed by atoms with van der Waals surface area (Å²) in [6, 6.07) is 0. The molecule has 1 saturated carbocycles. The lowest BCUT2D eigenvalue weighted by molar-refractivity contribution is 0.402. The van der Waals surface area contributed by atoms with Crippen molar-refractivity contribution in [3.8, 4) is 0 Å². The number of hydrogen-bond donors (Lipinski definition) is 1. The second-order valence-corrected chi connectivity index (χ2v) is 4.55. The Bertz CT molecular complexity index is 90.2. The molecular weight excluding hydrogens is 158 g/mol. The lowest BCUT2D eigenvalue weighted by Crippen LogP contribution is -2.26. The molecule has 1 aliphatic heterocycles. The summed E-state index contributed by atoms with van der Waals surface area (Å²) in [5, 5.41) is 3.32. The topological polar surface area (TPSA) is 12.0 Å². The molecule has 2 rings (SSSR count). The van der Waals surface area contributed by atoms with Gasteiger partial charge in [-0.3, -0.25) is 0 Å². The van der Waals surface area contributed by atoms with E-state index in [1.807, 2.05) is 0 Å². The van der Waals surface area contributed by atoms with Crippen LogP contribution in [0.4, 0.5) is 0 Å². The van der Waals surface area contributed by atoms with Crippen LogP contribution in [0.1, 0.15) is 58.3 Å². The normalized spacial score (nSPS) is 24.7. The Balaban J connectivity index is 0.000000132. The summed E-state index contributed by atoms with van der Waals surface area (Å²) in [5.74, 6) is 0.973. The van der Waals surface area contributed by atoms with Gasteiger partial charge in [-0.2, -0.15) is 0 Å². The van der Waals surface area contributed by atoms with Gasteiger partial charge in [-0.05, 0) is 31.8 Å². The average molecular weight is 183 g/mol. The maximum absolute atomic E-state index is 3.32. The third kappa shape index (κ3) is 6.09. The van der Waals surface area contributed by atoms with Gasteiger partial charge in [0, 0.05) is 0 Å². The highest BCUT2D eigenvalue weighted by atomic mass is 14.9. The second kappa shape index (κ2) is 7.37. The fourth-order valence-corrected chi connectivity index (χ4v) is 2.03. The van der Waals surface area contributed by atoms with Gasteiger partial charge in [0.2, 0.25) is 0 Å². The standard InChI is InChI=1S/C6H13N.C6H12/c1-6-2-4-7-5-3-6;1-2-4-6-5-3-1/h6-7H,2-5H2,1H3;1-6H2. The van der Waals surface area contributed by atoms with Gasteiger partial charge in [-0.25, -0.2) is 0 Å². The molecule has 1 N–H and O–H groups in total. The monoisotopic (exact) mass is 183 g/mol. The van der Waals surface area contributed by atoms with E-state index in [1.165, 1.54) is 64.5 Å². The zero-order valence-electron chi connectivity index (χ0n) is 9.15. The van der Waals surface area contributed by atoms with Gasteiger partial charge in [0.1, 0.15) is 0 Å². The van der Waals surface area contributed by atoms with Crippen LogP contribution < -0.4 is 5.32 Å². The highest BCUT2D eigenvalue weighted by Gasteiger charge is 2.05. The van der Waals surface area contributed by atoms with Crippen LogP contribution in [0, 0.1) is 5.92 Å². The molecule has 0 spiro atoms. The summed E-state index contributed by atoms with van der Waals surface area (Å²) in [6.07, 6.45) is 11.8. The molecule has 0 bridgehead atoms. The predicted octanol–water partition coefficient (Wildman–Crippen LogP) is 3.35. The maximum atomic E-state index is 3.32. The number of hydrogen-bond acceptors (Lipinski definition) is 1. The molecule has 1 heteroatoms. The summed E-state index contributed by atoms with van der Waals surface area (Å²) >= 11 is 0. The van der Waals surface area contributed by atoms with E-state index in [9.17, 15) is 0 Å². The van der Waals surface area contributed by atoms with Crippen LogP contribution in [-0.2, 0) is 0 Å². The summed E-state index contributed by atoms with van der Waals surface area (Å²) in [4.78, 5) is 0. The van der Waals surface area contributed by atoms with Crippen LogP contribution in [0.15, 0.2) is 0 Å². The van der Waals surface area contributed by atoms with Crippen molar-refractivity contribution in [3.63, 3.8) is 0 Å². The number of rotatable bonds is 0. The summed E-state index contributed by atoms with van der Waals surface area (Å²) < 4.78 is 0. The zero-order valence-corrected chi connectivity index (χ0v) is 9.15. The van der Waals surface area contributed by atoms with Gasteiger partial charge in [0.05, 0.1) is 0 Å². The third-order valence-electron chi connectivity index (χ3n) is 3.13. The Morgan fingerprint density at radius 2 is 1.15 bits per heavy atom. The van der Waals surface area contributed by atoms with Crippen LogP contribution in [0.5, 0.6) is 0 Å². The molecule has 2 fully saturated rings. The molecule has 2 aliphatic rings. The molecule has 0 aromatic carbocycles. The van der Waals surface area contributed by atoms with E-state index in [0.717, 1.165) is 5.92 Å². The average Bonchev–Trinajstić information content (AvgIpc) is 2.22. The third-order valence-corrected chi connectivity index (χ3v) is 3.13. The SMILES string of the molecule is C1CCCCC1.CC1CCNCC1. The molecule has 0 aromatic rings. The Labute approximate surface area is 83.3 Å². The highest BCUT2D eigenvalue weighted by Crippen LogP contribution is 2.15. The quantitative estimate of drug-likeness (QED) is 0.607. The van der Waals surface area contributed by atoms with Crippen molar-refractivity contribution in [1.82, 2.24) is 5.32 Å². The van der Waals surface area contributed by atoms with E-state index in [1.54, 1.807) is 0 Å². The van der Waals surface area contributed by atoms with Crippen LogP contribution in [0.3, 0.4) is 0 Å². The Hall–Kier alpha value is -0.0400. The molecule has 0 radical (unpaired) electrons. The van der Waals surface area contributed by atoms with Crippen molar-refractivity contribution in [1.29, 1.82) is 0 Å². The van der Waals surface area contributed by atoms with Crippen molar-refractivity contribution in [3.05, 3.63) is 0 Å². The lowest BCUT2D eigenvalue weighted by atomic mass is 10.0. The fourth-order valence-electron chi connectivity index (χ4n) is 2.03. The maximum Gasteiger partial charge on any atom is -0.00464 e. The van der Waals surface area contributed by atoms with Crippen molar-refractivity contribution < 1.29 is 0 Å². The Morgan fingerprint density at radius 1 is 0.769 bits per heavy atom. The molecule has 1 saturated heterocycles. The molecule has 1 aliphatic carbocycles. The molecule has 0 atom stereocenters. The van der Waals surface area contributed by atoms with Crippen molar-refractivity contribution >= 4 is 0 Å². The van der Waals surface area contributed by atoms with Gasteiger partial charge >= 0.3 is 0 Å². The first-order valence-electron chi connectivity index (χ1n) is 6.10. The van der Waals surface area contributed by atoms with Gasteiger partial charge in [-0.1, -0.05) is 45.4 Å². The molecule has 0 unspecified atom stereocenters.